The summed E-state index contributed by atoms with van der Waals surface area (Å²) < 4.78 is 43.2. The van der Waals surface area contributed by atoms with Gasteiger partial charge >= 0.3 is 23.9 Å². The van der Waals surface area contributed by atoms with Crippen LogP contribution in [0.15, 0.2) is 54.6 Å². The van der Waals surface area contributed by atoms with Crippen molar-refractivity contribution in [2.45, 2.75) is 84.0 Å². The van der Waals surface area contributed by atoms with E-state index in [2.05, 4.69) is 0 Å². The Labute approximate surface area is 279 Å². The first-order chi connectivity index (χ1) is 22.8. The molecule has 0 bridgehead atoms. The largest absolute Gasteiger partial charge is 0.469 e. The van der Waals surface area contributed by atoms with Crippen molar-refractivity contribution < 1.29 is 52.3 Å². The maximum atomic E-state index is 14.2. The summed E-state index contributed by atoms with van der Waals surface area (Å²) in [6.07, 6.45) is -4.27. The molecule has 3 heterocycles. The van der Waals surface area contributed by atoms with Crippen LogP contribution in [0.3, 0.4) is 0 Å². The van der Waals surface area contributed by atoms with E-state index in [0.29, 0.717) is 18.4 Å². The number of hydrogen-bond donors (Lipinski definition) is 0. The molecular weight excluding hydrogens is 620 g/mol. The Hall–Kier alpha value is -3.80. The molecule has 2 aromatic rings. The molecular formula is C37H42O11. The highest BCUT2D eigenvalue weighted by Crippen LogP contribution is 2.84. The van der Waals surface area contributed by atoms with Gasteiger partial charge < -0.3 is 33.2 Å². The molecule has 11 heteroatoms. The fourth-order valence-electron chi connectivity index (χ4n) is 10.4. The van der Waals surface area contributed by atoms with Crippen molar-refractivity contribution >= 4 is 23.9 Å². The molecule has 0 aromatic heterocycles. The molecule has 0 N–H and O–H groups in total. The van der Waals surface area contributed by atoms with Crippen LogP contribution in [0.4, 0.5) is 0 Å². The van der Waals surface area contributed by atoms with E-state index >= 15 is 0 Å². The van der Waals surface area contributed by atoms with Crippen molar-refractivity contribution in [2.24, 2.45) is 34.0 Å². The summed E-state index contributed by atoms with van der Waals surface area (Å²) in [4.78, 5) is 53.5. The zero-order valence-electron chi connectivity index (χ0n) is 28.2. The summed E-state index contributed by atoms with van der Waals surface area (Å²) in [6.45, 7) is 9.09. The molecule has 0 amide bonds. The van der Waals surface area contributed by atoms with Crippen LogP contribution in [0.5, 0.6) is 0 Å². The second-order valence-electron chi connectivity index (χ2n) is 14.8. The Morgan fingerprint density at radius 1 is 0.958 bits per heavy atom. The molecule has 2 spiro atoms. The zero-order chi connectivity index (χ0) is 34.4. The van der Waals surface area contributed by atoms with Gasteiger partial charge in [-0.1, -0.05) is 70.2 Å². The number of esters is 4. The SMILES string of the molecule is COC(=O)C(C)C1CCC23C4OC(=O)C12OC1O[C@@H](OC(=O)c2ccc(-c5ccccc5)cc2)[C@H](OC)C13C(C(C)(C)C)[C@H]4OC(C)=O. The third-order valence-electron chi connectivity index (χ3n) is 11.7. The zero-order valence-corrected chi connectivity index (χ0v) is 28.2. The molecule has 11 atom stereocenters. The Morgan fingerprint density at radius 2 is 1.62 bits per heavy atom. The average molecular weight is 663 g/mol. The standard InChI is InChI=1S/C37H42O11/c1-19(29(39)43-7)24-17-18-35-27-25(44-20(2)38)26(34(3,4)5)36(35)28(42-6)31(47-33(36)48-37(24,35)32(41)45-27)46-30(40)23-15-13-22(14-16-23)21-11-9-8-10-12-21/h8-16,19,24-28,31,33H,17-18H2,1-7H3/t19?,24?,25-,26?,27?,28+,31-,33?,35?,36?,37?/m1/s1. The summed E-state index contributed by atoms with van der Waals surface area (Å²) in [5.74, 6) is -4.13. The van der Waals surface area contributed by atoms with Crippen LogP contribution < -0.4 is 0 Å². The number of hydrogen-bond acceptors (Lipinski definition) is 11. The lowest BCUT2D eigenvalue weighted by Gasteiger charge is -2.48. The Bertz CT molecular complexity index is 1630. The van der Waals surface area contributed by atoms with Crippen molar-refractivity contribution in [3.63, 3.8) is 0 Å². The van der Waals surface area contributed by atoms with Crippen LogP contribution in [0, 0.1) is 34.0 Å². The molecule has 2 aliphatic carbocycles. The number of rotatable bonds is 7. The van der Waals surface area contributed by atoms with E-state index in [1.807, 2.05) is 63.2 Å². The van der Waals surface area contributed by atoms with Gasteiger partial charge in [0, 0.05) is 25.9 Å². The fourth-order valence-corrected chi connectivity index (χ4v) is 10.4. The Balaban J connectivity index is 1.32. The van der Waals surface area contributed by atoms with Gasteiger partial charge in [0.25, 0.3) is 0 Å². The van der Waals surface area contributed by atoms with Crippen molar-refractivity contribution in [2.75, 3.05) is 14.2 Å². The third-order valence-corrected chi connectivity index (χ3v) is 11.7. The highest BCUT2D eigenvalue weighted by molar-refractivity contribution is 5.90. The smallest absolute Gasteiger partial charge is 0.340 e. The highest BCUT2D eigenvalue weighted by atomic mass is 16.8. The molecule has 2 saturated carbocycles. The van der Waals surface area contributed by atoms with E-state index in [1.165, 1.54) is 21.1 Å². The molecule has 5 aliphatic rings. The van der Waals surface area contributed by atoms with E-state index in [4.69, 9.17) is 33.2 Å². The van der Waals surface area contributed by atoms with Crippen LogP contribution in [0.1, 0.15) is 57.8 Å². The molecule has 48 heavy (non-hydrogen) atoms. The summed E-state index contributed by atoms with van der Waals surface area (Å²) in [5.41, 5.74) is -2.26. The normalized spacial score (nSPS) is 38.1. The molecule has 2 aromatic carbocycles. The van der Waals surface area contributed by atoms with Crippen LogP contribution in [-0.4, -0.2) is 74.6 Å². The lowest BCUT2D eigenvalue weighted by Crippen LogP contribution is -2.60. The van der Waals surface area contributed by atoms with Crippen molar-refractivity contribution in [1.82, 2.24) is 0 Å². The van der Waals surface area contributed by atoms with E-state index in [0.717, 1.165) is 11.1 Å². The first-order valence-electron chi connectivity index (χ1n) is 16.5. The van der Waals surface area contributed by atoms with E-state index in [9.17, 15) is 19.2 Å². The highest BCUT2D eigenvalue weighted by Gasteiger charge is 2.97. The van der Waals surface area contributed by atoms with Gasteiger partial charge in [-0.2, -0.15) is 0 Å². The van der Waals surface area contributed by atoms with Gasteiger partial charge in [-0.3, -0.25) is 9.59 Å². The van der Waals surface area contributed by atoms with Gasteiger partial charge in [0.2, 0.25) is 6.29 Å². The fraction of sp³-hybridized carbons (Fsp3) is 0.568. The maximum absolute atomic E-state index is 14.2. The summed E-state index contributed by atoms with van der Waals surface area (Å²) >= 11 is 0. The summed E-state index contributed by atoms with van der Waals surface area (Å²) in [7, 11) is 2.81. The second-order valence-corrected chi connectivity index (χ2v) is 14.8. The molecule has 11 nitrogen and oxygen atoms in total. The summed E-state index contributed by atoms with van der Waals surface area (Å²) in [5, 5.41) is 0. The minimum Gasteiger partial charge on any atom is -0.469 e. The van der Waals surface area contributed by atoms with E-state index in [1.54, 1.807) is 19.1 Å². The van der Waals surface area contributed by atoms with Crippen LogP contribution in [-0.2, 0) is 47.5 Å². The quantitative estimate of drug-likeness (QED) is 0.302. The number of benzene rings is 2. The van der Waals surface area contributed by atoms with Crippen molar-refractivity contribution in [3.8, 4) is 11.1 Å². The van der Waals surface area contributed by atoms with Gasteiger partial charge in [0.15, 0.2) is 11.9 Å². The van der Waals surface area contributed by atoms with Crippen LogP contribution in [0.25, 0.3) is 11.1 Å². The Kier molecular flexibility index (Phi) is 7.58. The average Bonchev–Trinajstić information content (AvgIpc) is 3.75. The third kappa shape index (κ3) is 4.04. The Morgan fingerprint density at radius 3 is 2.23 bits per heavy atom. The number of methoxy groups -OCH3 is 2. The predicted octanol–water partition coefficient (Wildman–Crippen LogP) is 4.70. The monoisotopic (exact) mass is 662 g/mol. The second kappa shape index (κ2) is 11.1. The molecule has 3 saturated heterocycles. The molecule has 7 rings (SSSR count). The lowest BCUT2D eigenvalue weighted by molar-refractivity contribution is -0.238. The first-order valence-corrected chi connectivity index (χ1v) is 16.5. The van der Waals surface area contributed by atoms with Gasteiger partial charge in [0.1, 0.15) is 18.3 Å². The van der Waals surface area contributed by atoms with Crippen LogP contribution in [0.2, 0.25) is 0 Å². The molecule has 0 radical (unpaired) electrons. The minimum atomic E-state index is -1.62. The van der Waals surface area contributed by atoms with Crippen molar-refractivity contribution in [3.05, 3.63) is 60.2 Å². The van der Waals surface area contributed by atoms with Gasteiger partial charge in [0.05, 0.1) is 29.4 Å². The molecule has 3 aliphatic heterocycles. The number of carbonyl (C=O) groups excluding carboxylic acids is 4. The minimum absolute atomic E-state index is 0.317. The topological polar surface area (TPSA) is 133 Å². The van der Waals surface area contributed by atoms with Gasteiger partial charge in [-0.25, -0.2) is 9.59 Å². The first kappa shape index (κ1) is 32.7. The van der Waals surface area contributed by atoms with E-state index in [-0.39, 0.29) is 0 Å². The van der Waals surface area contributed by atoms with E-state index < -0.39 is 94.4 Å². The number of ether oxygens (including phenoxy) is 7. The number of carbonyl (C=O) groups is 4. The maximum Gasteiger partial charge on any atom is 0.340 e. The van der Waals surface area contributed by atoms with Crippen molar-refractivity contribution in [1.29, 1.82) is 0 Å². The lowest BCUT2D eigenvalue weighted by atomic mass is 9.51. The molecule has 8 unspecified atom stereocenters. The van der Waals surface area contributed by atoms with Gasteiger partial charge in [-0.15, -0.1) is 0 Å². The van der Waals surface area contributed by atoms with Gasteiger partial charge in [-0.05, 0) is 41.5 Å². The molecule has 5 fully saturated rings. The molecule has 256 valence electrons. The summed E-state index contributed by atoms with van der Waals surface area (Å²) in [6, 6.07) is 16.9. The van der Waals surface area contributed by atoms with Crippen LogP contribution >= 0.6 is 0 Å². The predicted molar refractivity (Wildman–Crippen MR) is 168 cm³/mol.